The van der Waals surface area contributed by atoms with Crippen molar-refractivity contribution in [3.8, 4) is 0 Å². The van der Waals surface area contributed by atoms with Gasteiger partial charge in [0.2, 0.25) is 0 Å². The number of rotatable bonds is 3. The Morgan fingerprint density at radius 2 is 1.93 bits per heavy atom. The number of thiophene rings is 1. The predicted octanol–water partition coefficient (Wildman–Crippen LogP) is 3.48. The van der Waals surface area contributed by atoms with E-state index in [1.807, 2.05) is 48.7 Å². The maximum Gasteiger partial charge on any atom is 0.168 e. The van der Waals surface area contributed by atoms with Crippen LogP contribution in [0.1, 0.15) is 20.8 Å². The van der Waals surface area contributed by atoms with Gasteiger partial charge in [0.15, 0.2) is 5.78 Å². The first-order valence-corrected chi connectivity index (χ1v) is 5.76. The van der Waals surface area contributed by atoms with Gasteiger partial charge < -0.3 is 0 Å². The lowest BCUT2D eigenvalue weighted by atomic mass is 10.0. The highest BCUT2D eigenvalue weighted by Crippen LogP contribution is 2.17. The number of carbonyl (C=O) groups excluding carboxylic acids is 1. The maximum atomic E-state index is 11.9. The van der Waals surface area contributed by atoms with Crippen molar-refractivity contribution < 1.29 is 4.79 Å². The van der Waals surface area contributed by atoms with Crippen LogP contribution in [0.3, 0.4) is 0 Å². The second-order valence-electron chi connectivity index (χ2n) is 3.48. The molecule has 76 valence electrons. The number of benzene rings is 1. The Balaban J connectivity index is 2.15. The van der Waals surface area contributed by atoms with Crippen LogP contribution in [0.4, 0.5) is 0 Å². The van der Waals surface area contributed by atoms with E-state index in [-0.39, 0.29) is 5.78 Å². The van der Waals surface area contributed by atoms with Gasteiger partial charge in [-0.25, -0.2) is 0 Å². The Hall–Kier alpha value is -1.41. The van der Waals surface area contributed by atoms with Crippen molar-refractivity contribution in [3.05, 3.63) is 57.8 Å². The summed E-state index contributed by atoms with van der Waals surface area (Å²) in [6, 6.07) is 11.8. The first-order chi connectivity index (χ1) is 7.27. The number of aryl methyl sites for hydroxylation is 1. The van der Waals surface area contributed by atoms with Crippen LogP contribution in [-0.4, -0.2) is 5.78 Å². The number of hydrogen-bond acceptors (Lipinski definition) is 2. The normalized spacial score (nSPS) is 10.2. The fourth-order valence-electron chi connectivity index (χ4n) is 1.55. The van der Waals surface area contributed by atoms with E-state index in [1.165, 1.54) is 0 Å². The van der Waals surface area contributed by atoms with Crippen LogP contribution in [-0.2, 0) is 6.42 Å². The quantitative estimate of drug-likeness (QED) is 0.718. The van der Waals surface area contributed by atoms with Gasteiger partial charge in [-0.1, -0.05) is 30.3 Å². The summed E-state index contributed by atoms with van der Waals surface area (Å²) in [5.41, 5.74) is 1.94. The first kappa shape index (κ1) is 10.1. The lowest BCUT2D eigenvalue weighted by Crippen LogP contribution is -2.03. The Labute approximate surface area is 93.4 Å². The SMILES string of the molecule is Cc1sccc1C(=O)Cc1ccccc1. The highest BCUT2D eigenvalue weighted by Gasteiger charge is 2.10. The monoisotopic (exact) mass is 216 g/mol. The van der Waals surface area contributed by atoms with Crippen molar-refractivity contribution in [2.45, 2.75) is 13.3 Å². The molecule has 2 aromatic rings. The number of hydrogen-bond donors (Lipinski definition) is 0. The molecular weight excluding hydrogens is 204 g/mol. The first-order valence-electron chi connectivity index (χ1n) is 4.88. The Morgan fingerprint density at radius 3 is 2.53 bits per heavy atom. The average molecular weight is 216 g/mol. The lowest BCUT2D eigenvalue weighted by molar-refractivity contribution is 0.0993. The van der Waals surface area contributed by atoms with Crippen molar-refractivity contribution in [2.75, 3.05) is 0 Å². The highest BCUT2D eigenvalue weighted by molar-refractivity contribution is 7.10. The molecule has 0 aliphatic rings. The molecule has 0 spiro atoms. The van der Waals surface area contributed by atoms with Crippen molar-refractivity contribution >= 4 is 17.1 Å². The van der Waals surface area contributed by atoms with Crippen LogP contribution in [0, 0.1) is 6.92 Å². The standard InChI is InChI=1S/C13H12OS/c1-10-12(7-8-15-10)13(14)9-11-5-3-2-4-6-11/h2-8H,9H2,1H3. The van der Waals surface area contributed by atoms with Crippen LogP contribution in [0.2, 0.25) is 0 Å². The molecule has 0 unspecified atom stereocenters. The van der Waals surface area contributed by atoms with E-state index in [9.17, 15) is 4.79 Å². The van der Waals surface area contributed by atoms with Gasteiger partial charge in [-0.15, -0.1) is 11.3 Å². The van der Waals surface area contributed by atoms with Crippen LogP contribution < -0.4 is 0 Å². The van der Waals surface area contributed by atoms with Crippen LogP contribution in [0.15, 0.2) is 41.8 Å². The van der Waals surface area contributed by atoms with E-state index in [4.69, 9.17) is 0 Å². The molecular formula is C13H12OS. The molecule has 1 aromatic carbocycles. The Bertz CT molecular complexity index is 456. The average Bonchev–Trinajstić information content (AvgIpc) is 2.66. The lowest BCUT2D eigenvalue weighted by Gasteiger charge is -2.00. The van der Waals surface area contributed by atoms with Gasteiger partial charge in [-0.2, -0.15) is 0 Å². The zero-order valence-corrected chi connectivity index (χ0v) is 9.38. The molecule has 2 heteroatoms. The van der Waals surface area contributed by atoms with Crippen LogP contribution in [0.5, 0.6) is 0 Å². The number of Topliss-reactive ketones (excluding diaryl/α,β-unsaturated/α-hetero) is 1. The number of ketones is 1. The smallest absolute Gasteiger partial charge is 0.168 e. The molecule has 0 bridgehead atoms. The maximum absolute atomic E-state index is 11.9. The summed E-state index contributed by atoms with van der Waals surface area (Å²) in [4.78, 5) is 13.0. The summed E-state index contributed by atoms with van der Waals surface area (Å²) in [5, 5.41) is 1.97. The van der Waals surface area contributed by atoms with E-state index in [0.717, 1.165) is 16.0 Å². The minimum Gasteiger partial charge on any atom is -0.294 e. The van der Waals surface area contributed by atoms with Gasteiger partial charge in [0.05, 0.1) is 0 Å². The number of carbonyl (C=O) groups is 1. The third kappa shape index (κ3) is 2.34. The summed E-state index contributed by atoms with van der Waals surface area (Å²) < 4.78 is 0. The molecule has 1 nitrogen and oxygen atoms in total. The van der Waals surface area contributed by atoms with Crippen molar-refractivity contribution in [1.29, 1.82) is 0 Å². The summed E-state index contributed by atoms with van der Waals surface area (Å²) >= 11 is 1.62. The van der Waals surface area contributed by atoms with Gasteiger partial charge in [-0.05, 0) is 23.9 Å². The molecule has 0 aliphatic heterocycles. The molecule has 15 heavy (non-hydrogen) atoms. The van der Waals surface area contributed by atoms with E-state index in [1.54, 1.807) is 11.3 Å². The Kier molecular flexibility index (Phi) is 2.97. The second-order valence-corrected chi connectivity index (χ2v) is 4.60. The Morgan fingerprint density at radius 1 is 1.20 bits per heavy atom. The molecule has 0 saturated carbocycles. The summed E-state index contributed by atoms with van der Waals surface area (Å²) in [5.74, 6) is 0.208. The van der Waals surface area contributed by atoms with Gasteiger partial charge >= 0.3 is 0 Å². The molecule has 1 aromatic heterocycles. The largest absolute Gasteiger partial charge is 0.294 e. The molecule has 0 fully saturated rings. The summed E-state index contributed by atoms with van der Waals surface area (Å²) in [7, 11) is 0. The minimum atomic E-state index is 0.208. The second kappa shape index (κ2) is 4.41. The van der Waals surface area contributed by atoms with Gasteiger partial charge in [0.1, 0.15) is 0 Å². The molecule has 0 saturated heterocycles. The molecule has 0 radical (unpaired) electrons. The van der Waals surface area contributed by atoms with Gasteiger partial charge in [-0.3, -0.25) is 4.79 Å². The predicted molar refractivity (Wildman–Crippen MR) is 63.5 cm³/mol. The third-order valence-corrected chi connectivity index (χ3v) is 3.21. The molecule has 1 heterocycles. The van der Waals surface area contributed by atoms with Gasteiger partial charge in [0.25, 0.3) is 0 Å². The van der Waals surface area contributed by atoms with Crippen LogP contribution >= 0.6 is 11.3 Å². The van der Waals surface area contributed by atoms with E-state index in [0.29, 0.717) is 6.42 Å². The zero-order valence-electron chi connectivity index (χ0n) is 8.57. The van der Waals surface area contributed by atoms with Crippen molar-refractivity contribution in [3.63, 3.8) is 0 Å². The van der Waals surface area contributed by atoms with Gasteiger partial charge in [0, 0.05) is 16.9 Å². The molecule has 0 aliphatic carbocycles. The zero-order chi connectivity index (χ0) is 10.7. The molecule has 2 rings (SSSR count). The molecule has 0 amide bonds. The van der Waals surface area contributed by atoms with E-state index >= 15 is 0 Å². The summed E-state index contributed by atoms with van der Waals surface area (Å²) in [6.45, 7) is 1.99. The topological polar surface area (TPSA) is 17.1 Å². The fourth-order valence-corrected chi connectivity index (χ4v) is 2.27. The summed E-state index contributed by atoms with van der Waals surface area (Å²) in [6.07, 6.45) is 0.498. The third-order valence-electron chi connectivity index (χ3n) is 2.37. The van der Waals surface area contributed by atoms with E-state index in [2.05, 4.69) is 0 Å². The van der Waals surface area contributed by atoms with Crippen LogP contribution in [0.25, 0.3) is 0 Å². The highest BCUT2D eigenvalue weighted by atomic mass is 32.1. The fraction of sp³-hybridized carbons (Fsp3) is 0.154. The van der Waals surface area contributed by atoms with Crippen molar-refractivity contribution in [2.24, 2.45) is 0 Å². The molecule has 0 atom stereocenters. The van der Waals surface area contributed by atoms with E-state index < -0.39 is 0 Å². The van der Waals surface area contributed by atoms with Crippen molar-refractivity contribution in [1.82, 2.24) is 0 Å². The molecule has 0 N–H and O–H groups in total. The minimum absolute atomic E-state index is 0.208.